The Labute approximate surface area is 281 Å². The van der Waals surface area contributed by atoms with E-state index in [4.69, 9.17) is 10.5 Å². The van der Waals surface area contributed by atoms with E-state index in [-0.39, 0.29) is 51.2 Å². The molecule has 5 aliphatic rings. The summed E-state index contributed by atoms with van der Waals surface area (Å²) in [5.74, 6) is 0.210. The van der Waals surface area contributed by atoms with Crippen molar-refractivity contribution in [1.29, 1.82) is 0 Å². The van der Waals surface area contributed by atoms with E-state index in [0.717, 1.165) is 56.1 Å². The van der Waals surface area contributed by atoms with Crippen molar-refractivity contribution < 1.29 is 19.4 Å². The first kappa shape index (κ1) is 32.8. The molecule has 0 spiro atoms. The molecule has 47 heavy (non-hydrogen) atoms. The Morgan fingerprint density at radius 2 is 1.43 bits per heavy atom. The molecule has 7 rings (SSSR count). The van der Waals surface area contributed by atoms with Crippen molar-refractivity contribution in [3.05, 3.63) is 83.4 Å². The van der Waals surface area contributed by atoms with Gasteiger partial charge in [-0.3, -0.25) is 9.59 Å². The van der Waals surface area contributed by atoms with Crippen LogP contribution in [0.5, 0.6) is 0 Å². The summed E-state index contributed by atoms with van der Waals surface area (Å²) in [5, 5.41) is 10.9. The third-order valence-corrected chi connectivity index (χ3v) is 15.2. The number of fused-ring (bicyclic) bond motifs is 7. The number of carbonyl (C=O) groups excluding carboxylic acids is 2. The summed E-state index contributed by atoms with van der Waals surface area (Å²) in [6, 6.07) is 20.1. The number of carbonyl (C=O) groups is 2. The maximum absolute atomic E-state index is 14.6. The summed E-state index contributed by atoms with van der Waals surface area (Å²) in [5.41, 5.74) is 8.17. The number of allylic oxidation sites excluding steroid dienone is 2. The number of aliphatic hydroxyl groups excluding tert-OH is 1. The largest absolute Gasteiger partial charge is 0.452 e. The average molecular weight is 638 g/mol. The number of aliphatic hydroxyl groups is 1. The molecular formula is C42H55NO4. The van der Waals surface area contributed by atoms with Crippen LogP contribution >= 0.6 is 0 Å². The second-order valence-electron chi connectivity index (χ2n) is 17.8. The van der Waals surface area contributed by atoms with Gasteiger partial charge in [-0.1, -0.05) is 93.9 Å². The molecule has 0 aromatic heterocycles. The summed E-state index contributed by atoms with van der Waals surface area (Å²) in [6.45, 7) is 13.6. The van der Waals surface area contributed by atoms with Crippen LogP contribution in [0.2, 0.25) is 0 Å². The second-order valence-corrected chi connectivity index (χ2v) is 17.8. The molecule has 0 radical (unpaired) electrons. The van der Waals surface area contributed by atoms with Crippen LogP contribution in [0.15, 0.2) is 72.3 Å². The number of esters is 1. The van der Waals surface area contributed by atoms with E-state index in [1.54, 1.807) is 0 Å². The zero-order valence-electron chi connectivity index (χ0n) is 29.4. The van der Waals surface area contributed by atoms with E-state index in [1.807, 2.05) is 67.6 Å². The van der Waals surface area contributed by atoms with Gasteiger partial charge in [-0.25, -0.2) is 0 Å². The predicted octanol–water partition coefficient (Wildman–Crippen LogP) is 8.35. The molecular weight excluding hydrogens is 582 g/mol. The lowest BCUT2D eigenvalue weighted by molar-refractivity contribution is -0.189. The lowest BCUT2D eigenvalue weighted by Gasteiger charge is -2.70. The minimum atomic E-state index is -0.701. The minimum Gasteiger partial charge on any atom is -0.452 e. The summed E-state index contributed by atoms with van der Waals surface area (Å²) in [7, 11) is 0. The standard InChI is InChI=1S/C42H55NO4/c1-37-21-22-38(2,36(46)47-34(27-13-9-7-10-14-27)28-15-11-8-12-16-28)26-30(37)29-25-31(44)35-39(3)19-18-33(45)42(6,43)32(39)17-20-41(35,5)40(29,4)24-23-37/h7-16,25,30,32-35,45H,17-24,26,43H2,1-6H3/t30-,32+,33-,35+,37+,38-,39-,40+,41+,42-/m0/s1. The molecule has 0 saturated heterocycles. The fraction of sp³-hybridized carbons (Fsp3) is 0.619. The number of hydrogen-bond acceptors (Lipinski definition) is 5. The Hall–Kier alpha value is -2.76. The Balaban J connectivity index is 1.23. The minimum absolute atomic E-state index is 0.0404. The van der Waals surface area contributed by atoms with Gasteiger partial charge in [-0.15, -0.1) is 0 Å². The Kier molecular flexibility index (Phi) is 7.58. The summed E-state index contributed by atoms with van der Waals surface area (Å²) < 4.78 is 6.51. The van der Waals surface area contributed by atoms with Gasteiger partial charge in [-0.05, 0) is 122 Å². The molecule has 4 saturated carbocycles. The lowest BCUT2D eigenvalue weighted by Crippen LogP contribution is -2.70. The molecule has 0 amide bonds. The van der Waals surface area contributed by atoms with Gasteiger partial charge >= 0.3 is 5.97 Å². The molecule has 0 bridgehead atoms. The van der Waals surface area contributed by atoms with E-state index in [2.05, 4.69) is 40.7 Å². The summed E-state index contributed by atoms with van der Waals surface area (Å²) >= 11 is 0. The van der Waals surface area contributed by atoms with E-state index in [1.165, 1.54) is 5.57 Å². The highest BCUT2D eigenvalue weighted by Crippen LogP contribution is 2.74. The molecule has 5 nitrogen and oxygen atoms in total. The van der Waals surface area contributed by atoms with E-state index >= 15 is 0 Å². The molecule has 252 valence electrons. The SMILES string of the molecule is C[C@]1(C(=O)OC(c2ccccc2)c2ccccc2)CC[C@]2(C)CC[C@]3(C)C(=CC(=O)[C@@H]4[C@@]5(C)CC[C@H](O)[C@@](C)(N)[C@@H]5CC[C@]43C)[C@@H]2C1. The highest BCUT2D eigenvalue weighted by atomic mass is 16.5. The monoisotopic (exact) mass is 637 g/mol. The molecule has 3 N–H and O–H groups in total. The summed E-state index contributed by atoms with van der Waals surface area (Å²) in [4.78, 5) is 29.0. The van der Waals surface area contributed by atoms with Gasteiger partial charge in [0.25, 0.3) is 0 Å². The second kappa shape index (κ2) is 10.9. The van der Waals surface area contributed by atoms with Gasteiger partial charge in [0.15, 0.2) is 11.9 Å². The van der Waals surface area contributed by atoms with Crippen molar-refractivity contribution in [2.24, 2.45) is 50.6 Å². The van der Waals surface area contributed by atoms with Crippen molar-refractivity contribution in [2.45, 2.75) is 117 Å². The maximum atomic E-state index is 14.6. The van der Waals surface area contributed by atoms with Crippen LogP contribution in [0, 0.1) is 44.8 Å². The maximum Gasteiger partial charge on any atom is 0.312 e. The van der Waals surface area contributed by atoms with Crippen LogP contribution < -0.4 is 5.73 Å². The van der Waals surface area contributed by atoms with Crippen LogP contribution in [0.3, 0.4) is 0 Å². The lowest BCUT2D eigenvalue weighted by atomic mass is 9.34. The smallest absolute Gasteiger partial charge is 0.312 e. The highest BCUT2D eigenvalue weighted by molar-refractivity contribution is 5.95. The van der Waals surface area contributed by atoms with E-state index in [9.17, 15) is 14.7 Å². The van der Waals surface area contributed by atoms with Gasteiger partial charge < -0.3 is 15.6 Å². The van der Waals surface area contributed by atoms with Gasteiger partial charge in [0.05, 0.1) is 11.5 Å². The third-order valence-electron chi connectivity index (χ3n) is 15.2. The number of ether oxygens (including phenoxy) is 1. The molecule has 5 aliphatic carbocycles. The summed E-state index contributed by atoms with van der Waals surface area (Å²) in [6.07, 6.45) is 8.93. The molecule has 0 aliphatic heterocycles. The fourth-order valence-electron chi connectivity index (χ4n) is 11.9. The van der Waals surface area contributed by atoms with Gasteiger partial charge in [0.2, 0.25) is 0 Å². The normalized spacial score (nSPS) is 44.4. The first-order valence-corrected chi connectivity index (χ1v) is 18.1. The molecule has 4 fully saturated rings. The average Bonchev–Trinajstić information content (AvgIpc) is 3.04. The number of rotatable bonds is 4. The van der Waals surface area contributed by atoms with Crippen LogP contribution in [-0.4, -0.2) is 28.5 Å². The molecule has 10 atom stereocenters. The van der Waals surface area contributed by atoms with E-state index < -0.39 is 23.2 Å². The quantitative estimate of drug-likeness (QED) is 0.329. The molecule has 2 aromatic carbocycles. The Morgan fingerprint density at radius 1 is 0.830 bits per heavy atom. The van der Waals surface area contributed by atoms with Crippen molar-refractivity contribution in [3.8, 4) is 0 Å². The Bertz CT molecular complexity index is 1540. The number of hydrogen-bond donors (Lipinski definition) is 2. The molecule has 2 aromatic rings. The van der Waals surface area contributed by atoms with Crippen LogP contribution in [0.4, 0.5) is 0 Å². The van der Waals surface area contributed by atoms with E-state index in [0.29, 0.717) is 12.8 Å². The van der Waals surface area contributed by atoms with Crippen LogP contribution in [0.1, 0.15) is 117 Å². The van der Waals surface area contributed by atoms with Crippen molar-refractivity contribution in [2.75, 3.05) is 0 Å². The van der Waals surface area contributed by atoms with Gasteiger partial charge in [0.1, 0.15) is 0 Å². The van der Waals surface area contributed by atoms with Crippen LogP contribution in [-0.2, 0) is 14.3 Å². The number of benzene rings is 2. The number of nitrogens with two attached hydrogens (primary N) is 1. The molecule has 5 heteroatoms. The number of ketones is 1. The third kappa shape index (κ3) is 4.69. The fourth-order valence-corrected chi connectivity index (χ4v) is 11.9. The van der Waals surface area contributed by atoms with Crippen molar-refractivity contribution >= 4 is 11.8 Å². The zero-order valence-corrected chi connectivity index (χ0v) is 29.4. The van der Waals surface area contributed by atoms with Crippen molar-refractivity contribution in [3.63, 3.8) is 0 Å². The zero-order chi connectivity index (χ0) is 33.6. The van der Waals surface area contributed by atoms with Gasteiger partial charge in [0, 0.05) is 11.5 Å². The molecule has 0 heterocycles. The molecule has 0 unspecified atom stereocenters. The predicted molar refractivity (Wildman–Crippen MR) is 185 cm³/mol. The van der Waals surface area contributed by atoms with Gasteiger partial charge in [-0.2, -0.15) is 0 Å². The van der Waals surface area contributed by atoms with Crippen LogP contribution in [0.25, 0.3) is 0 Å². The first-order valence-electron chi connectivity index (χ1n) is 18.1. The topological polar surface area (TPSA) is 89.6 Å². The van der Waals surface area contributed by atoms with Crippen molar-refractivity contribution in [1.82, 2.24) is 0 Å². The first-order chi connectivity index (χ1) is 22.1. The Morgan fingerprint density at radius 3 is 2.04 bits per heavy atom. The highest BCUT2D eigenvalue weighted by Gasteiger charge is 2.70.